The summed E-state index contributed by atoms with van der Waals surface area (Å²) < 4.78 is 55.6. The van der Waals surface area contributed by atoms with Gasteiger partial charge in [0.1, 0.15) is 35.6 Å². The molecule has 0 amide bonds. The Morgan fingerprint density at radius 3 is 2.31 bits per heavy atom. The maximum atomic E-state index is 13.2. The van der Waals surface area contributed by atoms with E-state index in [1.807, 2.05) is 13.0 Å². The lowest BCUT2D eigenvalue weighted by Crippen LogP contribution is -2.75. The van der Waals surface area contributed by atoms with E-state index in [1.54, 1.807) is 20.8 Å². The Kier molecular flexibility index (Phi) is 11.1. The Morgan fingerprint density at radius 1 is 0.964 bits per heavy atom. The number of fused-ring (bicyclic) bond motifs is 7. The largest absolute Gasteiger partial charge is 0.506 e. The van der Waals surface area contributed by atoms with Crippen molar-refractivity contribution >= 4 is 32.5 Å². The Labute approximate surface area is 328 Å². The summed E-state index contributed by atoms with van der Waals surface area (Å²) in [6, 6.07) is 1.88. The standard InChI is InChI=1S/C39H53BrO15/c1-18-13-22-28(29(42)27-21(30(22)47-6)9-8-10-23(27)41)31-26(18)32-35(39(48-7,55-31)38(46,16-40)17-51-32)50-12-11-49-24-14-37(5,45)34(20(3)53-24)54-25-15-36(4,44)33(43)19(2)52-25/h13,19-20,24-25,32-35,42-46H,8-12,14-17H2,1-7H3/t19?,20?,24?,25?,32?,33?,34?,35?,36?,37?,38-,39-/m1/s1. The van der Waals surface area contributed by atoms with Crippen LogP contribution < -0.4 is 9.47 Å². The van der Waals surface area contributed by atoms with Crippen LogP contribution in [0.3, 0.4) is 0 Å². The third-order valence-electron chi connectivity index (χ3n) is 12.0. The molecule has 0 radical (unpaired) electrons. The number of halogens is 1. The Morgan fingerprint density at radius 2 is 1.65 bits per heavy atom. The Bertz CT molecular complexity index is 1800. The molecule has 16 heteroatoms. The van der Waals surface area contributed by atoms with Gasteiger partial charge in [-0.1, -0.05) is 15.9 Å². The topological polar surface area (TPSA) is 201 Å². The first kappa shape index (κ1) is 41.0. The van der Waals surface area contributed by atoms with Gasteiger partial charge in [-0.2, -0.15) is 0 Å². The van der Waals surface area contributed by atoms with Crippen molar-refractivity contribution in [3.8, 4) is 17.2 Å². The van der Waals surface area contributed by atoms with Gasteiger partial charge in [0.2, 0.25) is 0 Å². The van der Waals surface area contributed by atoms with Crippen molar-refractivity contribution in [1.29, 1.82) is 0 Å². The number of carbonyl (C=O) groups excluding carboxylic acids is 1. The zero-order chi connectivity index (χ0) is 39.8. The number of rotatable bonds is 10. The molecular formula is C39H53BrO15. The van der Waals surface area contributed by atoms with Gasteiger partial charge >= 0.3 is 0 Å². The zero-order valence-corrected chi connectivity index (χ0v) is 33.8. The number of aliphatic hydroxyl groups is 4. The molecule has 55 heavy (non-hydrogen) atoms. The first-order valence-corrected chi connectivity index (χ1v) is 19.9. The summed E-state index contributed by atoms with van der Waals surface area (Å²) in [7, 11) is 2.93. The summed E-state index contributed by atoms with van der Waals surface area (Å²) in [5.74, 6) is -1.58. The predicted molar refractivity (Wildman–Crippen MR) is 198 cm³/mol. The summed E-state index contributed by atoms with van der Waals surface area (Å²) in [6.07, 6.45) is -5.25. The number of benzene rings is 2. The quantitative estimate of drug-likeness (QED) is 0.172. The van der Waals surface area contributed by atoms with E-state index in [-0.39, 0.29) is 66.2 Å². The number of hydrogen-bond donors (Lipinski definition) is 5. The summed E-state index contributed by atoms with van der Waals surface area (Å²) in [4.78, 5) is 13.2. The average Bonchev–Trinajstić information content (AvgIpc) is 3.12. The summed E-state index contributed by atoms with van der Waals surface area (Å²) >= 11 is 3.43. The second kappa shape index (κ2) is 14.9. The minimum atomic E-state index is -1.85. The van der Waals surface area contributed by atoms with E-state index < -0.39 is 71.8 Å². The maximum Gasteiger partial charge on any atom is 0.271 e. The van der Waals surface area contributed by atoms with Gasteiger partial charge in [-0.3, -0.25) is 4.79 Å². The first-order valence-electron chi connectivity index (χ1n) is 18.8. The number of aromatic hydroxyl groups is 1. The van der Waals surface area contributed by atoms with E-state index in [0.717, 1.165) is 5.56 Å². The summed E-state index contributed by atoms with van der Waals surface area (Å²) in [6.45, 7) is 8.22. The molecule has 15 nitrogen and oxygen atoms in total. The zero-order valence-electron chi connectivity index (χ0n) is 32.3. The normalized spacial score (nSPS) is 40.0. The number of ether oxygens (including phenoxy) is 9. The van der Waals surface area contributed by atoms with Crippen LogP contribution in [0.5, 0.6) is 17.2 Å². The number of phenolic OH excluding ortho intramolecular Hbond substituents is 1. The van der Waals surface area contributed by atoms with E-state index in [2.05, 4.69) is 15.9 Å². The SMILES string of the molecule is COc1c2c(c(O)c3c4c(c(C)cc13)C1OC[C@](O)(CBr)[C@](OC)(O4)C1OCCOC1CC(C)(O)C(OC3CC(C)(O)C(O)C(C)O3)C(C)O1)C(=O)CCC2. The van der Waals surface area contributed by atoms with Crippen molar-refractivity contribution in [2.24, 2.45) is 0 Å². The van der Waals surface area contributed by atoms with Crippen molar-refractivity contribution < 1.29 is 73.0 Å². The van der Waals surface area contributed by atoms with Crippen LogP contribution in [0.4, 0.5) is 0 Å². The molecule has 5 aliphatic rings. The van der Waals surface area contributed by atoms with Crippen LogP contribution in [0.2, 0.25) is 0 Å². The van der Waals surface area contributed by atoms with Crippen molar-refractivity contribution in [3.05, 3.63) is 28.3 Å². The molecule has 7 rings (SSSR count). The number of hydrogen-bond acceptors (Lipinski definition) is 15. The lowest BCUT2D eigenvalue weighted by atomic mass is 9.77. The molecule has 0 saturated carbocycles. The minimum Gasteiger partial charge on any atom is -0.506 e. The summed E-state index contributed by atoms with van der Waals surface area (Å²) in [5.41, 5.74) is -2.43. The fourth-order valence-corrected chi connectivity index (χ4v) is 9.79. The third kappa shape index (κ3) is 6.67. The van der Waals surface area contributed by atoms with Crippen LogP contribution in [0, 0.1) is 6.92 Å². The van der Waals surface area contributed by atoms with E-state index in [1.165, 1.54) is 21.1 Å². The van der Waals surface area contributed by atoms with Crippen LogP contribution >= 0.6 is 15.9 Å². The van der Waals surface area contributed by atoms with Crippen molar-refractivity contribution in [3.63, 3.8) is 0 Å². The molecule has 2 aromatic carbocycles. The van der Waals surface area contributed by atoms with Gasteiger partial charge in [0.05, 0.1) is 61.3 Å². The van der Waals surface area contributed by atoms with E-state index in [0.29, 0.717) is 41.5 Å². The van der Waals surface area contributed by atoms with Crippen molar-refractivity contribution in [1.82, 2.24) is 0 Å². The highest BCUT2D eigenvalue weighted by atomic mass is 79.9. The molecule has 2 bridgehead atoms. The molecule has 0 spiro atoms. The number of methoxy groups -OCH3 is 2. The fraction of sp³-hybridized carbons (Fsp3) is 0.718. The smallest absolute Gasteiger partial charge is 0.271 e. The highest BCUT2D eigenvalue weighted by molar-refractivity contribution is 9.09. The average molecular weight is 842 g/mol. The van der Waals surface area contributed by atoms with Gasteiger partial charge in [-0.25, -0.2) is 0 Å². The van der Waals surface area contributed by atoms with Gasteiger partial charge in [-0.05, 0) is 59.1 Å². The number of ketones is 1. The number of aliphatic hydroxyl groups excluding tert-OH is 1. The number of aryl methyl sites for hydroxylation is 1. The molecule has 5 N–H and O–H groups in total. The number of carbonyl (C=O) groups is 1. The number of alkyl halides is 1. The van der Waals surface area contributed by atoms with Gasteiger partial charge in [0.25, 0.3) is 5.79 Å². The van der Waals surface area contributed by atoms with E-state index in [9.17, 15) is 30.3 Å². The molecule has 2 aromatic rings. The van der Waals surface area contributed by atoms with Crippen molar-refractivity contribution in [2.75, 3.05) is 39.4 Å². The number of Topliss-reactive ketones (excluding diaryl/α,β-unsaturated/α-hetero) is 1. The molecular weight excluding hydrogens is 788 g/mol. The molecule has 12 atom stereocenters. The molecule has 4 aliphatic heterocycles. The Balaban J connectivity index is 1.11. The van der Waals surface area contributed by atoms with Crippen molar-refractivity contribution in [2.45, 2.75) is 139 Å². The minimum absolute atomic E-state index is 0.00848. The Hall–Kier alpha value is -2.19. The van der Waals surface area contributed by atoms with Gasteiger partial charge in [-0.15, -0.1) is 0 Å². The van der Waals surface area contributed by atoms with Gasteiger partial charge in [0.15, 0.2) is 30.1 Å². The second-order valence-corrected chi connectivity index (χ2v) is 16.6. The number of phenols is 1. The van der Waals surface area contributed by atoms with E-state index in [4.69, 9.17) is 42.6 Å². The second-order valence-electron chi connectivity index (χ2n) is 16.1. The predicted octanol–water partition coefficient (Wildman–Crippen LogP) is 3.23. The molecule has 306 valence electrons. The summed E-state index contributed by atoms with van der Waals surface area (Å²) in [5, 5.41) is 57.1. The maximum absolute atomic E-state index is 13.2. The van der Waals surface area contributed by atoms with Gasteiger partial charge < -0.3 is 68.2 Å². The van der Waals surface area contributed by atoms with Crippen LogP contribution in [-0.2, 0) is 39.6 Å². The van der Waals surface area contributed by atoms with Crippen LogP contribution in [0.1, 0.15) is 86.5 Å². The molecule has 3 saturated heterocycles. The van der Waals surface area contributed by atoms with Gasteiger partial charge in [0, 0.05) is 48.2 Å². The van der Waals surface area contributed by atoms with Crippen LogP contribution in [0.15, 0.2) is 6.07 Å². The highest BCUT2D eigenvalue weighted by Gasteiger charge is 2.68. The molecule has 10 unspecified atom stereocenters. The molecule has 4 heterocycles. The van der Waals surface area contributed by atoms with E-state index >= 15 is 0 Å². The third-order valence-corrected chi connectivity index (χ3v) is 12.9. The molecule has 1 aliphatic carbocycles. The highest BCUT2D eigenvalue weighted by Crippen LogP contribution is 2.58. The van der Waals surface area contributed by atoms with Crippen LogP contribution in [0.25, 0.3) is 10.8 Å². The monoisotopic (exact) mass is 840 g/mol. The fourth-order valence-electron chi connectivity index (χ4n) is 9.24. The first-order chi connectivity index (χ1) is 25.9. The molecule has 3 fully saturated rings. The molecule has 0 aromatic heterocycles. The lowest BCUT2D eigenvalue weighted by Gasteiger charge is -2.57. The van der Waals surface area contributed by atoms with Crippen LogP contribution in [-0.4, -0.2) is 136 Å². The lowest BCUT2D eigenvalue weighted by molar-refractivity contribution is -0.378.